The summed E-state index contributed by atoms with van der Waals surface area (Å²) in [7, 11) is 0. The normalized spacial score (nSPS) is 17.6. The quantitative estimate of drug-likeness (QED) is 0.824. The van der Waals surface area contributed by atoms with Gasteiger partial charge in [-0.25, -0.2) is 4.39 Å². The van der Waals surface area contributed by atoms with Crippen molar-refractivity contribution >= 4 is 0 Å². The summed E-state index contributed by atoms with van der Waals surface area (Å²) in [5.41, 5.74) is 1.30. The molecule has 0 unspecified atom stereocenters. The molecule has 2 N–H and O–H groups in total. The Kier molecular flexibility index (Phi) is 3.78. The minimum absolute atomic E-state index is 0.156. The van der Waals surface area contributed by atoms with E-state index in [1.807, 2.05) is 12.1 Å². The smallest absolute Gasteiger partial charge is 0.124 e. The van der Waals surface area contributed by atoms with E-state index in [4.69, 9.17) is 0 Å². The highest BCUT2D eigenvalue weighted by molar-refractivity contribution is 5.40. The first-order valence-electron chi connectivity index (χ1n) is 5.87. The molecule has 0 atom stereocenters. The second-order valence-electron chi connectivity index (χ2n) is 4.46. The van der Waals surface area contributed by atoms with E-state index >= 15 is 0 Å². The molecule has 3 heteroatoms. The van der Waals surface area contributed by atoms with E-state index in [2.05, 4.69) is 5.32 Å². The molecule has 1 heterocycles. The summed E-state index contributed by atoms with van der Waals surface area (Å²) in [6, 6.07) is 5.36. The van der Waals surface area contributed by atoms with Crippen molar-refractivity contribution in [3.8, 4) is 5.75 Å². The van der Waals surface area contributed by atoms with Crippen LogP contribution in [0.1, 0.15) is 24.0 Å². The molecule has 1 fully saturated rings. The maximum Gasteiger partial charge on any atom is 0.124 e. The molecule has 0 spiro atoms. The van der Waals surface area contributed by atoms with E-state index in [0.29, 0.717) is 11.5 Å². The molecule has 0 aliphatic carbocycles. The lowest BCUT2D eigenvalue weighted by atomic mass is 9.90. The van der Waals surface area contributed by atoms with Gasteiger partial charge in [0.25, 0.3) is 0 Å². The molecule has 1 aromatic carbocycles. The third-order valence-corrected chi connectivity index (χ3v) is 3.31. The predicted molar refractivity (Wildman–Crippen MR) is 62.2 cm³/mol. The van der Waals surface area contributed by atoms with Gasteiger partial charge in [-0.1, -0.05) is 18.2 Å². The highest BCUT2D eigenvalue weighted by Crippen LogP contribution is 2.27. The first-order valence-corrected chi connectivity index (χ1v) is 5.87. The van der Waals surface area contributed by atoms with E-state index < -0.39 is 6.67 Å². The molecule has 1 aliphatic rings. The lowest BCUT2D eigenvalue weighted by Crippen LogP contribution is -2.28. The molecule has 0 amide bonds. The Morgan fingerprint density at radius 3 is 2.62 bits per heavy atom. The molecule has 0 radical (unpaired) electrons. The Morgan fingerprint density at radius 2 is 1.94 bits per heavy atom. The number of halogens is 1. The van der Waals surface area contributed by atoms with E-state index in [-0.39, 0.29) is 5.75 Å². The number of para-hydroxylation sites is 1. The lowest BCUT2D eigenvalue weighted by molar-refractivity contribution is 0.364. The van der Waals surface area contributed by atoms with Crippen LogP contribution < -0.4 is 5.32 Å². The SMILES string of the molecule is Oc1c(CF)cccc1CC1CCNCC1. The van der Waals surface area contributed by atoms with Crippen molar-refractivity contribution in [2.24, 2.45) is 5.92 Å². The van der Waals surface area contributed by atoms with Crippen molar-refractivity contribution in [2.45, 2.75) is 25.9 Å². The zero-order chi connectivity index (χ0) is 11.4. The Morgan fingerprint density at radius 1 is 1.25 bits per heavy atom. The summed E-state index contributed by atoms with van der Waals surface area (Å²) in [6.07, 6.45) is 3.14. The van der Waals surface area contributed by atoms with Crippen LogP contribution in [0.15, 0.2) is 18.2 Å². The van der Waals surface area contributed by atoms with Crippen LogP contribution in [-0.2, 0) is 13.1 Å². The van der Waals surface area contributed by atoms with Crippen LogP contribution in [0, 0.1) is 5.92 Å². The Hall–Kier alpha value is -1.09. The number of benzene rings is 1. The van der Waals surface area contributed by atoms with Crippen LogP contribution in [0.5, 0.6) is 5.75 Å². The third kappa shape index (κ3) is 2.53. The molecule has 1 aromatic rings. The number of nitrogens with one attached hydrogen (secondary N) is 1. The second-order valence-corrected chi connectivity index (χ2v) is 4.46. The van der Waals surface area contributed by atoms with Crippen molar-refractivity contribution in [2.75, 3.05) is 13.1 Å². The standard InChI is InChI=1S/C13H18FNO/c14-9-12-3-1-2-11(13(12)16)8-10-4-6-15-7-5-10/h1-3,10,15-16H,4-9H2. The average molecular weight is 223 g/mol. The minimum Gasteiger partial charge on any atom is -0.507 e. The molecule has 0 bridgehead atoms. The van der Waals surface area contributed by atoms with Crippen LogP contribution in [-0.4, -0.2) is 18.2 Å². The summed E-state index contributed by atoms with van der Waals surface area (Å²) in [5, 5.41) is 13.2. The number of aromatic hydroxyl groups is 1. The lowest BCUT2D eigenvalue weighted by Gasteiger charge is -2.23. The van der Waals surface area contributed by atoms with E-state index in [1.165, 1.54) is 0 Å². The topological polar surface area (TPSA) is 32.3 Å². The van der Waals surface area contributed by atoms with Crippen molar-refractivity contribution in [1.82, 2.24) is 5.32 Å². The van der Waals surface area contributed by atoms with Gasteiger partial charge in [-0.3, -0.25) is 0 Å². The Balaban J connectivity index is 2.08. The summed E-state index contributed by atoms with van der Waals surface area (Å²) >= 11 is 0. The number of hydrogen-bond donors (Lipinski definition) is 2. The van der Waals surface area contributed by atoms with Gasteiger partial charge >= 0.3 is 0 Å². The minimum atomic E-state index is -0.591. The Labute approximate surface area is 95.5 Å². The van der Waals surface area contributed by atoms with E-state index in [0.717, 1.165) is 37.9 Å². The number of hydrogen-bond acceptors (Lipinski definition) is 2. The van der Waals surface area contributed by atoms with Crippen molar-refractivity contribution in [1.29, 1.82) is 0 Å². The zero-order valence-electron chi connectivity index (χ0n) is 9.38. The first kappa shape index (κ1) is 11.4. The molecule has 0 aromatic heterocycles. The maximum absolute atomic E-state index is 12.6. The molecule has 88 valence electrons. The fourth-order valence-corrected chi connectivity index (χ4v) is 2.31. The van der Waals surface area contributed by atoms with Crippen molar-refractivity contribution < 1.29 is 9.50 Å². The molecule has 1 aliphatic heterocycles. The second kappa shape index (κ2) is 5.30. The van der Waals surface area contributed by atoms with Gasteiger partial charge in [0.05, 0.1) is 0 Å². The number of alkyl halides is 1. The predicted octanol–water partition coefficient (Wildman–Crippen LogP) is 2.40. The van der Waals surface area contributed by atoms with Gasteiger partial charge < -0.3 is 10.4 Å². The zero-order valence-corrected chi connectivity index (χ0v) is 9.38. The summed E-state index contributed by atoms with van der Waals surface area (Å²) in [4.78, 5) is 0. The molecule has 2 rings (SSSR count). The third-order valence-electron chi connectivity index (χ3n) is 3.31. The van der Waals surface area contributed by atoms with Crippen molar-refractivity contribution in [3.05, 3.63) is 29.3 Å². The van der Waals surface area contributed by atoms with Gasteiger partial charge in [-0.15, -0.1) is 0 Å². The van der Waals surface area contributed by atoms with Crippen molar-refractivity contribution in [3.63, 3.8) is 0 Å². The molecule has 1 saturated heterocycles. The molecule has 0 saturated carbocycles. The van der Waals surface area contributed by atoms with Gasteiger partial charge in [0.1, 0.15) is 12.4 Å². The summed E-state index contributed by atoms with van der Waals surface area (Å²) in [6.45, 7) is 1.51. The Bertz CT molecular complexity index is 348. The summed E-state index contributed by atoms with van der Waals surface area (Å²) in [5.74, 6) is 0.769. The first-order chi connectivity index (χ1) is 7.81. The van der Waals surface area contributed by atoms with Crippen LogP contribution in [0.4, 0.5) is 4.39 Å². The monoisotopic (exact) mass is 223 g/mol. The van der Waals surface area contributed by atoms with Gasteiger partial charge in [0.15, 0.2) is 0 Å². The van der Waals surface area contributed by atoms with E-state index in [9.17, 15) is 9.50 Å². The van der Waals surface area contributed by atoms with Gasteiger partial charge in [-0.2, -0.15) is 0 Å². The molecular weight excluding hydrogens is 205 g/mol. The number of phenols is 1. The largest absolute Gasteiger partial charge is 0.507 e. The fraction of sp³-hybridized carbons (Fsp3) is 0.538. The molecule has 2 nitrogen and oxygen atoms in total. The van der Waals surface area contributed by atoms with Crippen LogP contribution in [0.3, 0.4) is 0 Å². The number of phenolic OH excluding ortho intramolecular Hbond substituents is 1. The van der Waals surface area contributed by atoms with Gasteiger partial charge in [0, 0.05) is 5.56 Å². The highest BCUT2D eigenvalue weighted by atomic mass is 19.1. The number of rotatable bonds is 3. The average Bonchev–Trinajstić information content (AvgIpc) is 2.33. The molecular formula is C13H18FNO. The highest BCUT2D eigenvalue weighted by Gasteiger charge is 2.16. The van der Waals surface area contributed by atoms with Crippen LogP contribution in [0.25, 0.3) is 0 Å². The van der Waals surface area contributed by atoms with E-state index in [1.54, 1.807) is 6.07 Å². The summed E-state index contributed by atoms with van der Waals surface area (Å²) < 4.78 is 12.6. The maximum atomic E-state index is 12.6. The van der Waals surface area contributed by atoms with Crippen LogP contribution >= 0.6 is 0 Å². The molecule has 16 heavy (non-hydrogen) atoms. The van der Waals surface area contributed by atoms with Crippen LogP contribution in [0.2, 0.25) is 0 Å². The van der Waals surface area contributed by atoms with Gasteiger partial charge in [0.2, 0.25) is 0 Å². The van der Waals surface area contributed by atoms with Gasteiger partial charge in [-0.05, 0) is 43.8 Å². The fourth-order valence-electron chi connectivity index (χ4n) is 2.31. The number of piperidine rings is 1.